The van der Waals surface area contributed by atoms with Gasteiger partial charge in [-0.15, -0.1) is 0 Å². The van der Waals surface area contributed by atoms with E-state index in [4.69, 9.17) is 14.2 Å². The molecule has 0 radical (unpaired) electrons. The van der Waals surface area contributed by atoms with Gasteiger partial charge in [0.05, 0.1) is 26.4 Å². The Morgan fingerprint density at radius 2 is 1.89 bits per heavy atom. The zero-order chi connectivity index (χ0) is 19.1. The van der Waals surface area contributed by atoms with Crippen molar-refractivity contribution in [1.82, 2.24) is 0 Å². The van der Waals surface area contributed by atoms with Crippen LogP contribution >= 0.6 is 0 Å². The minimum Gasteiger partial charge on any atom is -0.487 e. The fourth-order valence-corrected chi connectivity index (χ4v) is 4.61. The summed E-state index contributed by atoms with van der Waals surface area (Å²) < 4.78 is 19.4. The van der Waals surface area contributed by atoms with Crippen LogP contribution in [0.2, 0.25) is 0 Å². The second kappa shape index (κ2) is 6.81. The quantitative estimate of drug-likeness (QED) is 0.559. The van der Waals surface area contributed by atoms with Crippen LogP contribution in [-0.4, -0.2) is 55.6 Å². The first-order valence-corrected chi connectivity index (χ1v) is 10.2. The van der Waals surface area contributed by atoms with Gasteiger partial charge in [-0.05, 0) is 45.6 Å². The van der Waals surface area contributed by atoms with Crippen molar-refractivity contribution in [2.45, 2.75) is 50.9 Å². The van der Waals surface area contributed by atoms with Crippen molar-refractivity contribution >= 4 is 0 Å². The van der Waals surface area contributed by atoms with Crippen molar-refractivity contribution in [3.05, 3.63) is 29.8 Å². The van der Waals surface area contributed by atoms with E-state index in [9.17, 15) is 0 Å². The lowest BCUT2D eigenvalue weighted by Gasteiger charge is -2.50. The molecular weight excluding hydrogens is 338 g/mol. The monoisotopic (exact) mass is 370 g/mol. The molecular formula is C23H32NO3+. The minimum atomic E-state index is -0.396. The highest BCUT2D eigenvalue weighted by atomic mass is 16.5. The molecule has 1 aromatic carbocycles. The molecule has 146 valence electrons. The zero-order valence-electron chi connectivity index (χ0n) is 17.1. The van der Waals surface area contributed by atoms with Crippen LogP contribution in [0.5, 0.6) is 5.75 Å². The predicted molar refractivity (Wildman–Crippen MR) is 105 cm³/mol. The maximum atomic E-state index is 6.68. The van der Waals surface area contributed by atoms with Crippen LogP contribution in [0.3, 0.4) is 0 Å². The molecule has 1 aromatic rings. The molecule has 0 aliphatic carbocycles. The largest absolute Gasteiger partial charge is 0.487 e. The van der Waals surface area contributed by atoms with Crippen LogP contribution in [0.25, 0.3) is 0 Å². The molecule has 2 fully saturated rings. The molecule has 27 heavy (non-hydrogen) atoms. The van der Waals surface area contributed by atoms with Gasteiger partial charge in [-0.25, -0.2) is 0 Å². The first-order chi connectivity index (χ1) is 12.8. The van der Waals surface area contributed by atoms with Gasteiger partial charge in [-0.3, -0.25) is 0 Å². The van der Waals surface area contributed by atoms with Crippen LogP contribution in [0.4, 0.5) is 0 Å². The van der Waals surface area contributed by atoms with Gasteiger partial charge in [0.15, 0.2) is 0 Å². The number of ether oxygens (including phenoxy) is 3. The third-order valence-corrected chi connectivity index (χ3v) is 6.54. The lowest BCUT2D eigenvalue weighted by Crippen LogP contribution is -2.52. The van der Waals surface area contributed by atoms with Crippen LogP contribution < -0.4 is 4.74 Å². The van der Waals surface area contributed by atoms with Crippen molar-refractivity contribution in [2.75, 3.05) is 39.9 Å². The van der Waals surface area contributed by atoms with Crippen molar-refractivity contribution in [2.24, 2.45) is 5.92 Å². The fourth-order valence-electron chi connectivity index (χ4n) is 4.61. The number of para-hydroxylation sites is 1. The molecule has 0 saturated carbocycles. The summed E-state index contributed by atoms with van der Waals surface area (Å²) in [7, 11) is 2.27. The molecule has 2 saturated heterocycles. The molecule has 4 nitrogen and oxygen atoms in total. The average Bonchev–Trinajstić information content (AvgIpc) is 2.61. The van der Waals surface area contributed by atoms with Gasteiger partial charge in [0.2, 0.25) is 0 Å². The molecule has 4 heteroatoms. The van der Waals surface area contributed by atoms with E-state index in [0.29, 0.717) is 5.92 Å². The summed E-state index contributed by atoms with van der Waals surface area (Å²) in [6.07, 6.45) is 2.06. The SMILES string of the molecule is CC1(C)Oc2ccccc2[C@@H]2O[C@@](C)(C#CC[N+]3(C)CCOCC3)CC[C@@H]21. The number of hydrogen-bond donors (Lipinski definition) is 0. The maximum Gasteiger partial charge on any atom is 0.140 e. The predicted octanol–water partition coefficient (Wildman–Crippen LogP) is 3.56. The first kappa shape index (κ1) is 18.8. The standard InChI is InChI=1S/C23H32NO3/c1-22(2)19-10-12-23(3,11-7-13-24(4)14-16-25-17-15-24)27-21(19)18-8-5-6-9-20(18)26-22/h5-6,8-9,19,21H,10,12-17H2,1-4H3/q+1/t19-,21-,23-/m0/s1. The van der Waals surface area contributed by atoms with E-state index in [1.807, 2.05) is 6.07 Å². The highest BCUT2D eigenvalue weighted by Crippen LogP contribution is 2.52. The van der Waals surface area contributed by atoms with Crippen LogP contribution in [-0.2, 0) is 9.47 Å². The van der Waals surface area contributed by atoms with E-state index in [1.165, 1.54) is 5.56 Å². The number of quaternary nitrogens is 1. The summed E-state index contributed by atoms with van der Waals surface area (Å²) in [5, 5.41) is 0. The van der Waals surface area contributed by atoms with Gasteiger partial charge in [0.1, 0.15) is 36.6 Å². The number of rotatable bonds is 1. The molecule has 4 rings (SSSR count). The average molecular weight is 371 g/mol. The second-order valence-electron chi connectivity index (χ2n) is 9.30. The number of nitrogens with zero attached hydrogens (tertiary/aromatic N) is 1. The molecule has 0 spiro atoms. The van der Waals surface area contributed by atoms with Gasteiger partial charge in [-0.1, -0.05) is 24.1 Å². The Hall–Kier alpha value is -1.54. The van der Waals surface area contributed by atoms with E-state index in [1.54, 1.807) is 0 Å². The summed E-state index contributed by atoms with van der Waals surface area (Å²) in [5.41, 5.74) is 0.551. The van der Waals surface area contributed by atoms with Crippen LogP contribution in [0.1, 0.15) is 45.3 Å². The molecule has 3 heterocycles. The van der Waals surface area contributed by atoms with Crippen molar-refractivity contribution in [1.29, 1.82) is 0 Å². The Kier molecular flexibility index (Phi) is 4.74. The summed E-state index contributed by atoms with van der Waals surface area (Å²) in [6.45, 7) is 11.1. The Balaban J connectivity index is 1.54. The van der Waals surface area contributed by atoms with E-state index in [0.717, 1.165) is 55.9 Å². The lowest BCUT2D eigenvalue weighted by atomic mass is 9.73. The lowest BCUT2D eigenvalue weighted by molar-refractivity contribution is -0.910. The summed E-state index contributed by atoms with van der Waals surface area (Å²) in [4.78, 5) is 0. The van der Waals surface area contributed by atoms with Gasteiger partial charge in [-0.2, -0.15) is 0 Å². The van der Waals surface area contributed by atoms with E-state index in [2.05, 4.69) is 57.9 Å². The molecule has 3 aliphatic rings. The van der Waals surface area contributed by atoms with Crippen LogP contribution in [0.15, 0.2) is 24.3 Å². The molecule has 3 atom stereocenters. The van der Waals surface area contributed by atoms with Gasteiger partial charge in [0, 0.05) is 11.5 Å². The van der Waals surface area contributed by atoms with Crippen molar-refractivity contribution in [3.63, 3.8) is 0 Å². The van der Waals surface area contributed by atoms with Crippen molar-refractivity contribution < 1.29 is 18.7 Å². The van der Waals surface area contributed by atoms with Gasteiger partial charge < -0.3 is 18.7 Å². The van der Waals surface area contributed by atoms with Crippen LogP contribution in [0, 0.1) is 17.8 Å². The Bertz CT molecular complexity index is 756. The van der Waals surface area contributed by atoms with E-state index >= 15 is 0 Å². The molecule has 0 amide bonds. The number of morpholine rings is 1. The molecule has 3 aliphatic heterocycles. The molecule has 0 unspecified atom stereocenters. The number of likely N-dealkylation sites (N-methyl/N-ethyl adjacent to an activating group) is 1. The fraction of sp³-hybridized carbons (Fsp3) is 0.652. The minimum absolute atomic E-state index is 0.0474. The summed E-state index contributed by atoms with van der Waals surface area (Å²) >= 11 is 0. The van der Waals surface area contributed by atoms with Gasteiger partial charge >= 0.3 is 0 Å². The Labute approximate surface area is 163 Å². The van der Waals surface area contributed by atoms with Gasteiger partial charge in [0.25, 0.3) is 0 Å². The molecule has 0 aromatic heterocycles. The Morgan fingerprint density at radius 1 is 1.15 bits per heavy atom. The number of benzene rings is 1. The smallest absolute Gasteiger partial charge is 0.140 e. The van der Waals surface area contributed by atoms with Crippen molar-refractivity contribution in [3.8, 4) is 17.6 Å². The molecule has 0 bridgehead atoms. The molecule has 0 N–H and O–H groups in total. The second-order valence-corrected chi connectivity index (χ2v) is 9.30. The Morgan fingerprint density at radius 3 is 2.67 bits per heavy atom. The first-order valence-electron chi connectivity index (χ1n) is 10.2. The van der Waals surface area contributed by atoms with E-state index < -0.39 is 5.60 Å². The highest BCUT2D eigenvalue weighted by molar-refractivity contribution is 5.39. The van der Waals surface area contributed by atoms with E-state index in [-0.39, 0.29) is 11.7 Å². The maximum absolute atomic E-state index is 6.68. The number of hydrogen-bond acceptors (Lipinski definition) is 3. The third-order valence-electron chi connectivity index (χ3n) is 6.54. The normalized spacial score (nSPS) is 33.6. The summed E-state index contributed by atoms with van der Waals surface area (Å²) in [6, 6.07) is 8.30. The third kappa shape index (κ3) is 3.74. The zero-order valence-corrected chi connectivity index (χ0v) is 17.1. The summed E-state index contributed by atoms with van der Waals surface area (Å²) in [5.74, 6) is 8.25. The highest BCUT2D eigenvalue weighted by Gasteiger charge is 2.50. The number of fused-ring (bicyclic) bond motifs is 3. The topological polar surface area (TPSA) is 27.7 Å².